The maximum absolute atomic E-state index is 12.4. The Morgan fingerprint density at radius 1 is 1.00 bits per heavy atom. The SMILES string of the molecule is CCOC(=O)C[C@H](C)C(=O)c1ccc(OCC)c(OCC)c1. The van der Waals surface area contributed by atoms with Crippen molar-refractivity contribution in [2.24, 2.45) is 5.92 Å². The van der Waals surface area contributed by atoms with Gasteiger partial charge in [0.05, 0.1) is 26.2 Å². The lowest BCUT2D eigenvalue weighted by Crippen LogP contribution is -2.17. The molecule has 0 saturated heterocycles. The summed E-state index contributed by atoms with van der Waals surface area (Å²) in [4.78, 5) is 23.9. The Labute approximate surface area is 131 Å². The van der Waals surface area contributed by atoms with E-state index in [1.54, 1.807) is 32.0 Å². The molecule has 1 aromatic rings. The third-order valence-corrected chi connectivity index (χ3v) is 3.05. The van der Waals surface area contributed by atoms with Crippen molar-refractivity contribution in [2.75, 3.05) is 19.8 Å². The largest absolute Gasteiger partial charge is 0.490 e. The van der Waals surface area contributed by atoms with Crippen molar-refractivity contribution in [2.45, 2.75) is 34.1 Å². The first-order valence-corrected chi connectivity index (χ1v) is 7.62. The highest BCUT2D eigenvalue weighted by molar-refractivity contribution is 5.99. The molecule has 1 atom stereocenters. The standard InChI is InChI=1S/C17H24O5/c1-5-20-14-9-8-13(11-15(14)21-6-2)17(19)12(4)10-16(18)22-7-3/h8-9,11-12H,5-7,10H2,1-4H3/t12-/m0/s1. The Balaban J connectivity index is 2.88. The molecule has 0 unspecified atom stereocenters. The molecule has 1 rings (SSSR count). The summed E-state index contributed by atoms with van der Waals surface area (Å²) >= 11 is 0. The van der Waals surface area contributed by atoms with Crippen LogP contribution in [0.5, 0.6) is 11.5 Å². The van der Waals surface area contributed by atoms with E-state index in [0.29, 0.717) is 36.9 Å². The second kappa shape index (κ2) is 9.07. The summed E-state index contributed by atoms with van der Waals surface area (Å²) in [6.07, 6.45) is 0.0733. The van der Waals surface area contributed by atoms with Gasteiger partial charge >= 0.3 is 5.97 Å². The van der Waals surface area contributed by atoms with Gasteiger partial charge in [-0.05, 0) is 39.0 Å². The van der Waals surface area contributed by atoms with Crippen molar-refractivity contribution in [3.8, 4) is 11.5 Å². The first-order chi connectivity index (χ1) is 10.5. The van der Waals surface area contributed by atoms with Gasteiger partial charge < -0.3 is 14.2 Å². The fraction of sp³-hybridized carbons (Fsp3) is 0.529. The van der Waals surface area contributed by atoms with Crippen LogP contribution >= 0.6 is 0 Å². The fourth-order valence-electron chi connectivity index (χ4n) is 2.05. The Kier molecular flexibility index (Phi) is 7.43. The number of Topliss-reactive ketones (excluding diaryl/α,β-unsaturated/α-hetero) is 1. The van der Waals surface area contributed by atoms with Crippen molar-refractivity contribution in [3.05, 3.63) is 23.8 Å². The van der Waals surface area contributed by atoms with Gasteiger partial charge in [0.25, 0.3) is 0 Å². The molecule has 0 aromatic heterocycles. The summed E-state index contributed by atoms with van der Waals surface area (Å²) in [5.41, 5.74) is 0.503. The minimum absolute atomic E-state index is 0.0733. The molecule has 5 heteroatoms. The molecule has 122 valence electrons. The predicted octanol–water partition coefficient (Wildman–Crippen LogP) is 3.26. The van der Waals surface area contributed by atoms with Crippen LogP contribution in [0.1, 0.15) is 44.5 Å². The minimum Gasteiger partial charge on any atom is -0.490 e. The van der Waals surface area contributed by atoms with Crippen molar-refractivity contribution in [1.29, 1.82) is 0 Å². The molecule has 0 aliphatic heterocycles. The lowest BCUT2D eigenvalue weighted by Gasteiger charge is -2.14. The van der Waals surface area contributed by atoms with E-state index in [9.17, 15) is 9.59 Å². The van der Waals surface area contributed by atoms with Gasteiger partial charge in [-0.15, -0.1) is 0 Å². The summed E-state index contributed by atoms with van der Waals surface area (Å²) in [6.45, 7) is 8.53. The molecule has 5 nitrogen and oxygen atoms in total. The van der Waals surface area contributed by atoms with Gasteiger partial charge in [0.1, 0.15) is 0 Å². The molecular formula is C17H24O5. The number of benzene rings is 1. The number of carbonyl (C=O) groups excluding carboxylic acids is 2. The molecule has 0 spiro atoms. The normalized spacial score (nSPS) is 11.6. The topological polar surface area (TPSA) is 61.8 Å². The zero-order valence-corrected chi connectivity index (χ0v) is 13.7. The van der Waals surface area contributed by atoms with Gasteiger partial charge in [0.2, 0.25) is 0 Å². The van der Waals surface area contributed by atoms with Crippen LogP contribution in [-0.4, -0.2) is 31.6 Å². The molecule has 0 N–H and O–H groups in total. The predicted molar refractivity (Wildman–Crippen MR) is 83.5 cm³/mol. The average Bonchev–Trinajstić information content (AvgIpc) is 2.49. The highest BCUT2D eigenvalue weighted by atomic mass is 16.5. The molecule has 0 saturated carbocycles. The summed E-state index contributed by atoms with van der Waals surface area (Å²) in [5, 5.41) is 0. The highest BCUT2D eigenvalue weighted by Crippen LogP contribution is 2.29. The quantitative estimate of drug-likeness (QED) is 0.517. The van der Waals surface area contributed by atoms with Gasteiger partial charge in [-0.1, -0.05) is 6.92 Å². The van der Waals surface area contributed by atoms with E-state index in [4.69, 9.17) is 14.2 Å². The van der Waals surface area contributed by atoms with Gasteiger partial charge in [-0.25, -0.2) is 0 Å². The maximum atomic E-state index is 12.4. The van der Waals surface area contributed by atoms with Crippen molar-refractivity contribution >= 4 is 11.8 Å². The molecule has 0 amide bonds. The van der Waals surface area contributed by atoms with E-state index < -0.39 is 5.92 Å². The molecule has 1 aromatic carbocycles. The van der Waals surface area contributed by atoms with Crippen LogP contribution in [0.15, 0.2) is 18.2 Å². The summed E-state index contributed by atoms with van der Waals surface area (Å²) in [5.74, 6) is 0.236. The van der Waals surface area contributed by atoms with Crippen LogP contribution in [0.4, 0.5) is 0 Å². The van der Waals surface area contributed by atoms with E-state index in [-0.39, 0.29) is 18.2 Å². The lowest BCUT2D eigenvalue weighted by atomic mass is 9.96. The monoisotopic (exact) mass is 308 g/mol. The number of hydrogen-bond donors (Lipinski definition) is 0. The zero-order valence-electron chi connectivity index (χ0n) is 13.7. The van der Waals surface area contributed by atoms with Gasteiger partial charge in [0.15, 0.2) is 17.3 Å². The smallest absolute Gasteiger partial charge is 0.306 e. The zero-order chi connectivity index (χ0) is 16.5. The highest BCUT2D eigenvalue weighted by Gasteiger charge is 2.20. The van der Waals surface area contributed by atoms with Gasteiger partial charge in [-0.2, -0.15) is 0 Å². The fourth-order valence-corrected chi connectivity index (χ4v) is 2.05. The number of ether oxygens (including phenoxy) is 3. The second-order valence-electron chi connectivity index (χ2n) is 4.80. The molecule has 0 heterocycles. The Bertz CT molecular complexity index is 510. The van der Waals surface area contributed by atoms with Crippen molar-refractivity contribution < 1.29 is 23.8 Å². The van der Waals surface area contributed by atoms with Crippen LogP contribution in [0.25, 0.3) is 0 Å². The molecule has 0 aliphatic carbocycles. The van der Waals surface area contributed by atoms with Crippen LogP contribution in [0.2, 0.25) is 0 Å². The number of esters is 1. The molecule has 0 fully saturated rings. The number of rotatable bonds is 9. The Morgan fingerprint density at radius 3 is 2.23 bits per heavy atom. The first-order valence-electron chi connectivity index (χ1n) is 7.62. The third-order valence-electron chi connectivity index (χ3n) is 3.05. The first kappa shape index (κ1) is 18.0. The van der Waals surface area contributed by atoms with Crippen molar-refractivity contribution in [3.63, 3.8) is 0 Å². The van der Waals surface area contributed by atoms with Gasteiger partial charge in [0, 0.05) is 11.5 Å². The van der Waals surface area contributed by atoms with Crippen molar-refractivity contribution in [1.82, 2.24) is 0 Å². The van der Waals surface area contributed by atoms with Crippen LogP contribution in [0, 0.1) is 5.92 Å². The van der Waals surface area contributed by atoms with Crippen LogP contribution < -0.4 is 9.47 Å². The number of carbonyl (C=O) groups is 2. The minimum atomic E-state index is -0.438. The number of ketones is 1. The van der Waals surface area contributed by atoms with E-state index in [1.807, 2.05) is 13.8 Å². The maximum Gasteiger partial charge on any atom is 0.306 e. The van der Waals surface area contributed by atoms with E-state index in [1.165, 1.54) is 0 Å². The molecule has 0 radical (unpaired) electrons. The molecule has 22 heavy (non-hydrogen) atoms. The van der Waals surface area contributed by atoms with Crippen LogP contribution in [-0.2, 0) is 9.53 Å². The Morgan fingerprint density at radius 2 is 1.64 bits per heavy atom. The summed E-state index contributed by atoms with van der Waals surface area (Å²) in [7, 11) is 0. The third kappa shape index (κ3) is 5.06. The summed E-state index contributed by atoms with van der Waals surface area (Å²) < 4.78 is 15.9. The van der Waals surface area contributed by atoms with Crippen LogP contribution in [0.3, 0.4) is 0 Å². The van der Waals surface area contributed by atoms with E-state index in [2.05, 4.69) is 0 Å². The Hall–Kier alpha value is -2.04. The molecular weight excluding hydrogens is 284 g/mol. The second-order valence-corrected chi connectivity index (χ2v) is 4.80. The van der Waals surface area contributed by atoms with E-state index in [0.717, 1.165) is 0 Å². The lowest BCUT2D eigenvalue weighted by molar-refractivity contribution is -0.143. The summed E-state index contributed by atoms with van der Waals surface area (Å²) in [6, 6.07) is 5.08. The molecule has 0 bridgehead atoms. The van der Waals surface area contributed by atoms with Gasteiger partial charge in [-0.3, -0.25) is 9.59 Å². The number of hydrogen-bond acceptors (Lipinski definition) is 5. The average molecular weight is 308 g/mol. The van der Waals surface area contributed by atoms with E-state index >= 15 is 0 Å². The molecule has 0 aliphatic rings.